The van der Waals surface area contributed by atoms with E-state index in [-0.39, 0.29) is 23.6 Å². The lowest BCUT2D eigenvalue weighted by atomic mass is 10.1. The van der Waals surface area contributed by atoms with Crippen molar-refractivity contribution in [3.63, 3.8) is 0 Å². The predicted molar refractivity (Wildman–Crippen MR) is 112 cm³/mol. The Morgan fingerprint density at radius 3 is 2.55 bits per heavy atom. The average Bonchev–Trinajstić information content (AvgIpc) is 2.78. The Kier molecular flexibility index (Phi) is 6.71. The molecule has 3 aromatic rings. The molecule has 0 aliphatic heterocycles. The van der Waals surface area contributed by atoms with E-state index < -0.39 is 16.6 Å². The molecule has 0 aliphatic rings. The normalized spacial score (nSPS) is 10.8. The van der Waals surface area contributed by atoms with Crippen molar-refractivity contribution in [1.82, 2.24) is 0 Å². The van der Waals surface area contributed by atoms with Crippen LogP contribution >= 0.6 is 0 Å². The number of anilines is 1. The van der Waals surface area contributed by atoms with E-state index in [0.717, 1.165) is 0 Å². The quantitative estimate of drug-likeness (QED) is 0.256. The number of benzene rings is 3. The number of nitrogens with zero attached hydrogens (tertiary/aromatic N) is 2. The fraction of sp³-hybridized carbons (Fsp3) is 0.0435. The van der Waals surface area contributed by atoms with Crippen molar-refractivity contribution in [1.29, 1.82) is 5.26 Å². The standard InChI is InChI=1S/C23H16FN3O4/c24-21-6-1-2-7-22(21)26-23(28)18(14-25)12-16-8-10-20(11-9-16)31-15-17-4-3-5-19(13-17)27(29)30/h1-13H,15H2,(H,26,28)/b18-12-. The summed E-state index contributed by atoms with van der Waals surface area (Å²) in [5.74, 6) is -0.810. The summed E-state index contributed by atoms with van der Waals surface area (Å²) in [7, 11) is 0. The maximum Gasteiger partial charge on any atom is 0.269 e. The number of ether oxygens (including phenoxy) is 1. The number of nitrogens with one attached hydrogen (secondary N) is 1. The third-order valence-corrected chi connectivity index (χ3v) is 4.21. The summed E-state index contributed by atoms with van der Waals surface area (Å²) < 4.78 is 19.3. The van der Waals surface area contributed by atoms with Gasteiger partial charge in [0.25, 0.3) is 11.6 Å². The smallest absolute Gasteiger partial charge is 0.269 e. The molecule has 0 atom stereocenters. The van der Waals surface area contributed by atoms with Gasteiger partial charge in [-0.25, -0.2) is 4.39 Å². The van der Waals surface area contributed by atoms with Crippen LogP contribution in [-0.2, 0) is 11.4 Å². The first-order chi connectivity index (χ1) is 15.0. The lowest BCUT2D eigenvalue weighted by Gasteiger charge is -2.07. The van der Waals surface area contributed by atoms with Gasteiger partial charge in [0, 0.05) is 12.1 Å². The number of hydrogen-bond donors (Lipinski definition) is 1. The highest BCUT2D eigenvalue weighted by molar-refractivity contribution is 6.09. The maximum absolute atomic E-state index is 13.7. The maximum atomic E-state index is 13.7. The van der Waals surface area contributed by atoms with Crippen LogP contribution in [0.25, 0.3) is 6.08 Å². The van der Waals surface area contributed by atoms with Crippen molar-refractivity contribution in [2.75, 3.05) is 5.32 Å². The number of nitro groups is 1. The van der Waals surface area contributed by atoms with Crippen molar-refractivity contribution < 1.29 is 18.8 Å². The zero-order chi connectivity index (χ0) is 22.2. The zero-order valence-corrected chi connectivity index (χ0v) is 16.1. The molecule has 1 N–H and O–H groups in total. The van der Waals surface area contributed by atoms with Crippen LogP contribution in [0.3, 0.4) is 0 Å². The summed E-state index contributed by atoms with van der Waals surface area (Å²) in [4.78, 5) is 22.6. The third-order valence-electron chi connectivity index (χ3n) is 4.21. The van der Waals surface area contributed by atoms with Gasteiger partial charge < -0.3 is 10.1 Å². The highest BCUT2D eigenvalue weighted by atomic mass is 19.1. The molecule has 31 heavy (non-hydrogen) atoms. The van der Waals surface area contributed by atoms with Gasteiger partial charge in [-0.3, -0.25) is 14.9 Å². The molecule has 0 heterocycles. The van der Waals surface area contributed by atoms with Crippen LogP contribution in [0.2, 0.25) is 0 Å². The molecule has 3 aromatic carbocycles. The summed E-state index contributed by atoms with van der Waals surface area (Å²) in [5.41, 5.74) is 1.00. The highest BCUT2D eigenvalue weighted by Gasteiger charge is 2.12. The van der Waals surface area contributed by atoms with Gasteiger partial charge in [-0.2, -0.15) is 5.26 Å². The van der Waals surface area contributed by atoms with Crippen molar-refractivity contribution in [2.45, 2.75) is 6.61 Å². The van der Waals surface area contributed by atoms with E-state index in [1.165, 1.54) is 36.4 Å². The fourth-order valence-electron chi connectivity index (χ4n) is 2.65. The molecule has 0 spiro atoms. The van der Waals surface area contributed by atoms with Gasteiger partial charge in [-0.1, -0.05) is 36.4 Å². The lowest BCUT2D eigenvalue weighted by molar-refractivity contribution is -0.384. The molecule has 0 bridgehead atoms. The Labute approximate surface area is 177 Å². The first kappa shape index (κ1) is 21.2. The van der Waals surface area contributed by atoms with Gasteiger partial charge in [0.05, 0.1) is 10.6 Å². The first-order valence-corrected chi connectivity index (χ1v) is 9.10. The molecule has 0 saturated carbocycles. The Morgan fingerprint density at radius 1 is 1.13 bits per heavy atom. The van der Waals surface area contributed by atoms with Crippen molar-refractivity contribution in [3.05, 3.63) is 105 Å². The van der Waals surface area contributed by atoms with E-state index in [9.17, 15) is 24.6 Å². The van der Waals surface area contributed by atoms with Crippen LogP contribution < -0.4 is 10.1 Å². The van der Waals surface area contributed by atoms with Gasteiger partial charge in [0.2, 0.25) is 0 Å². The predicted octanol–water partition coefficient (Wildman–Crippen LogP) is 4.86. The number of carbonyl (C=O) groups is 1. The van der Waals surface area contributed by atoms with E-state index in [1.807, 2.05) is 0 Å². The number of rotatable bonds is 7. The minimum Gasteiger partial charge on any atom is -0.489 e. The van der Waals surface area contributed by atoms with Crippen molar-refractivity contribution in [2.24, 2.45) is 0 Å². The van der Waals surface area contributed by atoms with Crippen LogP contribution in [0.5, 0.6) is 5.75 Å². The molecule has 3 rings (SSSR count). The topological polar surface area (TPSA) is 105 Å². The summed E-state index contributed by atoms with van der Waals surface area (Å²) in [5, 5.41) is 22.5. The molecule has 7 nitrogen and oxygen atoms in total. The number of nitro benzene ring substituents is 1. The second-order valence-electron chi connectivity index (χ2n) is 6.39. The second-order valence-corrected chi connectivity index (χ2v) is 6.39. The minimum atomic E-state index is -0.724. The van der Waals surface area contributed by atoms with E-state index in [1.54, 1.807) is 48.5 Å². The van der Waals surface area contributed by atoms with Crippen LogP contribution in [-0.4, -0.2) is 10.8 Å². The number of amides is 1. The number of para-hydroxylation sites is 1. The molecule has 0 radical (unpaired) electrons. The van der Waals surface area contributed by atoms with Crippen LogP contribution in [0.1, 0.15) is 11.1 Å². The molecule has 0 aliphatic carbocycles. The molecule has 1 amide bonds. The lowest BCUT2D eigenvalue weighted by Crippen LogP contribution is -2.14. The van der Waals surface area contributed by atoms with Crippen molar-refractivity contribution in [3.8, 4) is 11.8 Å². The summed E-state index contributed by atoms with van der Waals surface area (Å²) >= 11 is 0. The Morgan fingerprint density at radius 2 is 1.87 bits per heavy atom. The number of hydrogen-bond acceptors (Lipinski definition) is 5. The van der Waals surface area contributed by atoms with E-state index in [2.05, 4.69) is 5.32 Å². The molecule has 8 heteroatoms. The molecule has 154 valence electrons. The number of non-ortho nitro benzene ring substituents is 1. The van der Waals surface area contributed by atoms with E-state index in [0.29, 0.717) is 16.9 Å². The van der Waals surface area contributed by atoms with Crippen LogP contribution in [0, 0.1) is 27.3 Å². The average molecular weight is 417 g/mol. The number of nitriles is 1. The van der Waals surface area contributed by atoms with Gasteiger partial charge in [-0.15, -0.1) is 0 Å². The van der Waals surface area contributed by atoms with Crippen LogP contribution in [0.4, 0.5) is 15.8 Å². The minimum absolute atomic E-state index is 0.0146. The molecular weight excluding hydrogens is 401 g/mol. The van der Waals surface area contributed by atoms with Gasteiger partial charge in [0.15, 0.2) is 0 Å². The van der Waals surface area contributed by atoms with E-state index in [4.69, 9.17) is 4.74 Å². The second kappa shape index (κ2) is 9.80. The zero-order valence-electron chi connectivity index (χ0n) is 16.1. The molecule has 0 unspecified atom stereocenters. The molecule has 0 saturated heterocycles. The molecular formula is C23H16FN3O4. The van der Waals surface area contributed by atoms with Gasteiger partial charge in [0.1, 0.15) is 29.8 Å². The van der Waals surface area contributed by atoms with Gasteiger partial charge in [-0.05, 0) is 41.5 Å². The summed E-state index contributed by atoms with van der Waals surface area (Å²) in [6.07, 6.45) is 1.38. The highest BCUT2D eigenvalue weighted by Crippen LogP contribution is 2.19. The number of carbonyl (C=O) groups excluding carboxylic acids is 1. The Bertz CT molecular complexity index is 1180. The van der Waals surface area contributed by atoms with Gasteiger partial charge >= 0.3 is 0 Å². The third kappa shape index (κ3) is 5.74. The monoisotopic (exact) mass is 417 g/mol. The largest absolute Gasteiger partial charge is 0.489 e. The molecule has 0 fully saturated rings. The first-order valence-electron chi connectivity index (χ1n) is 9.10. The van der Waals surface area contributed by atoms with Crippen LogP contribution in [0.15, 0.2) is 78.4 Å². The summed E-state index contributed by atoms with van der Waals surface area (Å²) in [6.45, 7) is 0.144. The Balaban J connectivity index is 1.65. The molecule has 0 aromatic heterocycles. The summed E-state index contributed by atoms with van der Waals surface area (Å²) in [6, 6.07) is 20.2. The van der Waals surface area contributed by atoms with Crippen molar-refractivity contribution >= 4 is 23.4 Å². The SMILES string of the molecule is N#C/C(=C/c1ccc(OCc2cccc([N+](=O)[O-])c2)cc1)C(=O)Nc1ccccc1F. The van der Waals surface area contributed by atoms with E-state index >= 15 is 0 Å². The Hall–Kier alpha value is -4.51. The fourth-order valence-corrected chi connectivity index (χ4v) is 2.65. The number of halogens is 1.